The zero-order chi connectivity index (χ0) is 21.4. The van der Waals surface area contributed by atoms with Gasteiger partial charge in [0.15, 0.2) is 0 Å². The Morgan fingerprint density at radius 1 is 1.13 bits per heavy atom. The van der Waals surface area contributed by atoms with Gasteiger partial charge in [0.2, 0.25) is 11.6 Å². The van der Waals surface area contributed by atoms with Crippen LogP contribution in [0.1, 0.15) is 21.5 Å². The van der Waals surface area contributed by atoms with Gasteiger partial charge in [-0.3, -0.25) is 9.79 Å². The number of carbonyl (C=O) groups excluding carboxylic acids is 1. The van der Waals surface area contributed by atoms with Crippen LogP contribution in [0.5, 0.6) is 5.75 Å². The first-order chi connectivity index (χ1) is 15.0. The Bertz CT molecular complexity index is 1280. The van der Waals surface area contributed by atoms with Crippen LogP contribution < -0.4 is 16.3 Å². The third-order valence-electron chi connectivity index (χ3n) is 5.33. The predicted octanol–water partition coefficient (Wildman–Crippen LogP) is 3.08. The number of fused-ring (bicyclic) bond motifs is 1. The molecule has 0 spiro atoms. The van der Waals surface area contributed by atoms with E-state index in [1.807, 2.05) is 54.8 Å². The maximum atomic E-state index is 11.4. The molecular weight excluding hydrogens is 390 g/mol. The predicted molar refractivity (Wildman–Crippen MR) is 119 cm³/mol. The Hall–Kier alpha value is -4.07. The fourth-order valence-electron chi connectivity index (χ4n) is 3.65. The average molecular weight is 410 g/mol. The van der Waals surface area contributed by atoms with Crippen molar-refractivity contribution in [2.45, 2.75) is 6.61 Å². The summed E-state index contributed by atoms with van der Waals surface area (Å²) in [5.74, 6) is 7.64. The Morgan fingerprint density at radius 3 is 2.74 bits per heavy atom. The van der Waals surface area contributed by atoms with Gasteiger partial charge in [0, 0.05) is 11.1 Å². The van der Waals surface area contributed by atoms with E-state index in [4.69, 9.17) is 21.3 Å². The molecular formula is C24H20N5O2+. The van der Waals surface area contributed by atoms with Gasteiger partial charge in [-0.05, 0) is 35.9 Å². The van der Waals surface area contributed by atoms with Gasteiger partial charge in [0.25, 0.3) is 5.84 Å². The molecule has 1 unspecified atom stereocenters. The van der Waals surface area contributed by atoms with Crippen molar-refractivity contribution in [3.8, 4) is 5.75 Å². The van der Waals surface area contributed by atoms with Crippen LogP contribution in [-0.2, 0) is 6.61 Å². The fourth-order valence-corrected chi connectivity index (χ4v) is 3.65. The molecule has 0 saturated heterocycles. The largest absolute Gasteiger partial charge is 0.489 e. The lowest BCUT2D eigenvalue weighted by molar-refractivity contribution is -0.750. The second-order valence-electron chi connectivity index (χ2n) is 7.39. The van der Waals surface area contributed by atoms with E-state index in [-0.39, 0.29) is 4.59 Å². The Kier molecular flexibility index (Phi) is 4.47. The molecule has 2 heterocycles. The summed E-state index contributed by atoms with van der Waals surface area (Å²) in [5.41, 5.74) is 10.2. The third kappa shape index (κ3) is 3.31. The molecule has 0 fully saturated rings. The normalized spacial score (nSPS) is 20.8. The van der Waals surface area contributed by atoms with Crippen molar-refractivity contribution in [2.24, 2.45) is 21.6 Å². The molecule has 2 aliphatic heterocycles. The molecule has 0 saturated carbocycles. The molecule has 7 heteroatoms. The van der Waals surface area contributed by atoms with E-state index in [0.717, 1.165) is 28.1 Å². The fraction of sp³-hybridized carbons (Fsp3) is 0.0417. The first kappa shape index (κ1) is 18.9. The quantitative estimate of drug-likeness (QED) is 0.565. The van der Waals surface area contributed by atoms with Crippen molar-refractivity contribution in [3.05, 3.63) is 113 Å². The number of quaternary nitrogens is 1. The van der Waals surface area contributed by atoms with Crippen molar-refractivity contribution < 1.29 is 14.1 Å². The highest BCUT2D eigenvalue weighted by Gasteiger charge is 2.44. The summed E-state index contributed by atoms with van der Waals surface area (Å²) < 4.78 is 5.92. The Balaban J connectivity index is 1.42. The van der Waals surface area contributed by atoms with Gasteiger partial charge in [-0.15, -0.1) is 4.59 Å². The topological polar surface area (TPSA) is 103 Å². The molecule has 1 atom stereocenters. The van der Waals surface area contributed by atoms with Crippen LogP contribution in [0.25, 0.3) is 0 Å². The first-order valence-electron chi connectivity index (χ1n) is 9.78. The molecule has 0 aromatic heterocycles. The molecule has 1 aliphatic carbocycles. The monoisotopic (exact) mass is 410 g/mol. The van der Waals surface area contributed by atoms with Gasteiger partial charge in [-0.2, -0.15) is 10.8 Å². The molecule has 31 heavy (non-hydrogen) atoms. The van der Waals surface area contributed by atoms with Crippen molar-refractivity contribution in [1.82, 2.24) is 0 Å². The van der Waals surface area contributed by atoms with E-state index < -0.39 is 5.91 Å². The SMILES string of the molecule is NC(=O)c1cccc(COc2cccc(C3=NC(C4=CC=C4)=C4C=NC=C[N+]34N)c2)c1. The molecule has 1 amide bonds. The summed E-state index contributed by atoms with van der Waals surface area (Å²) in [7, 11) is 0. The first-order valence-corrected chi connectivity index (χ1v) is 9.78. The number of nitrogens with two attached hydrogens (primary N) is 2. The number of aliphatic imine (C=N–C) groups is 2. The van der Waals surface area contributed by atoms with Gasteiger partial charge < -0.3 is 10.5 Å². The Labute approximate surface area is 179 Å². The minimum Gasteiger partial charge on any atom is -0.489 e. The van der Waals surface area contributed by atoms with Crippen LogP contribution >= 0.6 is 0 Å². The zero-order valence-electron chi connectivity index (χ0n) is 16.6. The van der Waals surface area contributed by atoms with E-state index in [9.17, 15) is 4.79 Å². The number of ether oxygens (including phenoxy) is 1. The number of benzene rings is 2. The van der Waals surface area contributed by atoms with Gasteiger partial charge in [-0.25, -0.2) is 0 Å². The number of nitrogens with zero attached hydrogens (tertiary/aromatic N) is 3. The van der Waals surface area contributed by atoms with E-state index in [1.54, 1.807) is 30.6 Å². The molecule has 7 nitrogen and oxygen atoms in total. The number of carbonyl (C=O) groups is 1. The van der Waals surface area contributed by atoms with Gasteiger partial charge in [0.1, 0.15) is 24.3 Å². The number of rotatable bonds is 6. The smallest absolute Gasteiger partial charge is 0.265 e. The summed E-state index contributed by atoms with van der Waals surface area (Å²) in [5, 5.41) is 0. The maximum absolute atomic E-state index is 11.4. The number of primary amides is 1. The number of amides is 1. The third-order valence-corrected chi connectivity index (χ3v) is 5.33. The van der Waals surface area contributed by atoms with E-state index in [1.165, 1.54) is 0 Å². The van der Waals surface area contributed by atoms with Crippen molar-refractivity contribution >= 4 is 18.0 Å². The molecule has 2 aromatic rings. The Morgan fingerprint density at radius 2 is 1.97 bits per heavy atom. The van der Waals surface area contributed by atoms with Crippen molar-refractivity contribution in [2.75, 3.05) is 0 Å². The van der Waals surface area contributed by atoms with Gasteiger partial charge in [-0.1, -0.05) is 36.4 Å². The van der Waals surface area contributed by atoms with E-state index in [0.29, 0.717) is 23.8 Å². The summed E-state index contributed by atoms with van der Waals surface area (Å²) in [6.45, 7) is 0.304. The van der Waals surface area contributed by atoms with E-state index in [2.05, 4.69) is 4.99 Å². The summed E-state index contributed by atoms with van der Waals surface area (Å²) in [6, 6.07) is 14.7. The second-order valence-corrected chi connectivity index (χ2v) is 7.39. The zero-order valence-corrected chi connectivity index (χ0v) is 16.6. The molecule has 3 aliphatic rings. The van der Waals surface area contributed by atoms with Crippen LogP contribution in [-0.4, -0.2) is 22.5 Å². The standard InChI is InChI=1S/C24H19N5O2/c25-23(30)18-7-1-4-16(12-18)15-31-20-9-3-8-19(13-20)24-28-22(17-5-2-6-17)21-14-27-10-11-29(21,24)26/h1-14H,15,26H2,(H-,25,30)/p+1. The summed E-state index contributed by atoms with van der Waals surface area (Å²) in [4.78, 5) is 20.5. The van der Waals surface area contributed by atoms with Crippen LogP contribution in [0.4, 0.5) is 0 Å². The lowest BCUT2D eigenvalue weighted by atomic mass is 10.0. The highest BCUT2D eigenvalue weighted by molar-refractivity contribution is 6.01. The van der Waals surface area contributed by atoms with Gasteiger partial charge in [0.05, 0.1) is 18.0 Å². The minimum atomic E-state index is -0.464. The highest BCUT2D eigenvalue weighted by Crippen LogP contribution is 2.36. The summed E-state index contributed by atoms with van der Waals surface area (Å²) in [6.07, 6.45) is 11.2. The van der Waals surface area contributed by atoms with Gasteiger partial charge >= 0.3 is 0 Å². The molecule has 0 radical (unpaired) electrons. The average Bonchev–Trinajstić information content (AvgIpc) is 3.04. The molecule has 5 rings (SSSR count). The summed E-state index contributed by atoms with van der Waals surface area (Å²) >= 11 is 0. The second kappa shape index (κ2) is 7.32. The molecule has 4 N–H and O–H groups in total. The molecule has 152 valence electrons. The van der Waals surface area contributed by atoms with Crippen molar-refractivity contribution in [3.63, 3.8) is 0 Å². The molecule has 0 bridgehead atoms. The minimum absolute atomic E-state index is 0.0475. The maximum Gasteiger partial charge on any atom is 0.265 e. The number of allylic oxidation sites excluding steroid dienone is 4. The highest BCUT2D eigenvalue weighted by atomic mass is 16.5. The van der Waals surface area contributed by atoms with Crippen molar-refractivity contribution in [1.29, 1.82) is 0 Å². The number of amidine groups is 1. The number of hydrogen-bond donors (Lipinski definition) is 2. The van der Waals surface area contributed by atoms with Crippen LogP contribution in [0.3, 0.4) is 0 Å². The number of hydrogen-bond acceptors (Lipinski definition) is 5. The van der Waals surface area contributed by atoms with E-state index >= 15 is 0 Å². The lowest BCUT2D eigenvalue weighted by Crippen LogP contribution is -2.53. The molecule has 2 aromatic carbocycles. The van der Waals surface area contributed by atoms with Crippen LogP contribution in [0, 0.1) is 0 Å². The van der Waals surface area contributed by atoms with Crippen LogP contribution in [0.15, 0.2) is 106 Å². The van der Waals surface area contributed by atoms with Crippen LogP contribution in [0.2, 0.25) is 0 Å². The lowest BCUT2D eigenvalue weighted by Gasteiger charge is -2.26.